The molecule has 1 aromatic heterocycles. The Morgan fingerprint density at radius 2 is 2.32 bits per heavy atom. The van der Waals surface area contributed by atoms with Crippen LogP contribution < -0.4 is 5.73 Å². The fraction of sp³-hybridized carbons (Fsp3) is 0.800. The van der Waals surface area contributed by atoms with Gasteiger partial charge in [-0.25, -0.2) is 0 Å². The van der Waals surface area contributed by atoms with E-state index in [-0.39, 0.29) is 11.8 Å². The zero-order chi connectivity index (χ0) is 15.7. The van der Waals surface area contributed by atoms with Gasteiger partial charge in [0.25, 0.3) is 5.91 Å². The highest BCUT2D eigenvalue weighted by Gasteiger charge is 2.47. The highest BCUT2D eigenvalue weighted by molar-refractivity contribution is 5.92. The Bertz CT molecular complexity index is 542. The van der Waals surface area contributed by atoms with E-state index in [0.29, 0.717) is 44.2 Å². The SMILES string of the molecule is CC1CN(C(=O)c2cn(CCN)nn2)CC[C@@]1(O)C1CCC1. The van der Waals surface area contributed by atoms with Crippen molar-refractivity contribution in [2.24, 2.45) is 17.6 Å². The summed E-state index contributed by atoms with van der Waals surface area (Å²) < 4.78 is 1.59. The summed E-state index contributed by atoms with van der Waals surface area (Å²) in [6.07, 6.45) is 5.74. The minimum Gasteiger partial charge on any atom is -0.389 e. The third kappa shape index (κ3) is 2.63. The van der Waals surface area contributed by atoms with Crippen molar-refractivity contribution in [1.29, 1.82) is 0 Å². The quantitative estimate of drug-likeness (QED) is 0.831. The number of likely N-dealkylation sites (tertiary alicyclic amines) is 1. The second-order valence-corrected chi connectivity index (χ2v) is 6.68. The number of nitrogens with zero attached hydrogens (tertiary/aromatic N) is 4. The van der Waals surface area contributed by atoms with Crippen molar-refractivity contribution in [1.82, 2.24) is 19.9 Å². The maximum Gasteiger partial charge on any atom is 0.276 e. The van der Waals surface area contributed by atoms with Crippen molar-refractivity contribution >= 4 is 5.91 Å². The molecule has 3 N–H and O–H groups in total. The molecular formula is C15H25N5O2. The zero-order valence-corrected chi connectivity index (χ0v) is 13.1. The van der Waals surface area contributed by atoms with Crippen LogP contribution in [0.4, 0.5) is 0 Å². The standard InChI is InChI=1S/C15H25N5O2/c1-11-9-19(7-5-15(11,22)12-3-2-4-12)14(21)13-10-20(8-6-16)18-17-13/h10-12,22H,2-9,16H2,1H3/t11?,15-/m0/s1. The predicted octanol–water partition coefficient (Wildman–Crippen LogP) is 0.250. The highest BCUT2D eigenvalue weighted by Crippen LogP contribution is 2.44. The second-order valence-electron chi connectivity index (χ2n) is 6.68. The van der Waals surface area contributed by atoms with Gasteiger partial charge in [0.2, 0.25) is 0 Å². The molecule has 1 amide bonds. The zero-order valence-electron chi connectivity index (χ0n) is 13.1. The average Bonchev–Trinajstić information content (AvgIpc) is 2.88. The third-order valence-corrected chi connectivity index (χ3v) is 5.35. The van der Waals surface area contributed by atoms with Crippen LogP contribution in [0.1, 0.15) is 43.1 Å². The van der Waals surface area contributed by atoms with Crippen molar-refractivity contribution in [3.63, 3.8) is 0 Å². The number of carbonyl (C=O) groups is 1. The number of aliphatic hydroxyl groups is 1. The smallest absolute Gasteiger partial charge is 0.276 e. The van der Waals surface area contributed by atoms with Crippen molar-refractivity contribution in [2.75, 3.05) is 19.6 Å². The topological polar surface area (TPSA) is 97.3 Å². The molecule has 2 atom stereocenters. The normalized spacial score (nSPS) is 29.4. The van der Waals surface area contributed by atoms with Gasteiger partial charge in [-0.05, 0) is 25.2 Å². The molecule has 122 valence electrons. The Labute approximate surface area is 130 Å². The molecule has 0 radical (unpaired) electrons. The van der Waals surface area contributed by atoms with Gasteiger partial charge in [-0.3, -0.25) is 9.48 Å². The molecular weight excluding hydrogens is 282 g/mol. The van der Waals surface area contributed by atoms with E-state index in [9.17, 15) is 9.90 Å². The fourth-order valence-corrected chi connectivity index (χ4v) is 3.64. The minimum atomic E-state index is -0.605. The summed E-state index contributed by atoms with van der Waals surface area (Å²) in [5, 5.41) is 18.8. The number of piperidine rings is 1. The summed E-state index contributed by atoms with van der Waals surface area (Å²) >= 11 is 0. The van der Waals surface area contributed by atoms with Crippen LogP contribution in [0.5, 0.6) is 0 Å². The van der Waals surface area contributed by atoms with Gasteiger partial charge >= 0.3 is 0 Å². The Balaban J connectivity index is 1.65. The van der Waals surface area contributed by atoms with Crippen molar-refractivity contribution in [2.45, 2.75) is 44.8 Å². The molecule has 0 bridgehead atoms. The van der Waals surface area contributed by atoms with Crippen LogP contribution in [0, 0.1) is 11.8 Å². The van der Waals surface area contributed by atoms with E-state index in [2.05, 4.69) is 10.3 Å². The Hall–Kier alpha value is -1.47. The first-order valence-corrected chi connectivity index (χ1v) is 8.16. The van der Waals surface area contributed by atoms with E-state index in [1.165, 1.54) is 6.42 Å². The van der Waals surface area contributed by atoms with Gasteiger partial charge in [0.05, 0.1) is 18.3 Å². The summed E-state index contributed by atoms with van der Waals surface area (Å²) in [6, 6.07) is 0. The number of hydrogen-bond donors (Lipinski definition) is 2. The lowest BCUT2D eigenvalue weighted by molar-refractivity contribution is -0.122. The molecule has 1 saturated carbocycles. The number of nitrogens with two attached hydrogens (primary N) is 1. The number of hydrogen-bond acceptors (Lipinski definition) is 5. The van der Waals surface area contributed by atoms with Crippen LogP contribution in [0.2, 0.25) is 0 Å². The molecule has 22 heavy (non-hydrogen) atoms. The summed E-state index contributed by atoms with van der Waals surface area (Å²) in [4.78, 5) is 14.3. The van der Waals surface area contributed by atoms with E-state index >= 15 is 0 Å². The van der Waals surface area contributed by atoms with Gasteiger partial charge in [-0.2, -0.15) is 0 Å². The van der Waals surface area contributed by atoms with Crippen molar-refractivity contribution in [3.05, 3.63) is 11.9 Å². The molecule has 1 unspecified atom stereocenters. The van der Waals surface area contributed by atoms with Gasteiger partial charge in [0, 0.05) is 25.6 Å². The summed E-state index contributed by atoms with van der Waals surface area (Å²) in [5.41, 5.74) is 5.22. The summed E-state index contributed by atoms with van der Waals surface area (Å²) in [7, 11) is 0. The van der Waals surface area contributed by atoms with Gasteiger partial charge < -0.3 is 15.7 Å². The van der Waals surface area contributed by atoms with Crippen LogP contribution in [0.25, 0.3) is 0 Å². The first-order chi connectivity index (χ1) is 10.5. The summed E-state index contributed by atoms with van der Waals surface area (Å²) in [5.74, 6) is 0.394. The maximum atomic E-state index is 12.5. The first kappa shape index (κ1) is 15.4. The molecule has 7 nitrogen and oxygen atoms in total. The average molecular weight is 307 g/mol. The molecule has 7 heteroatoms. The van der Waals surface area contributed by atoms with Gasteiger partial charge in [-0.15, -0.1) is 5.10 Å². The molecule has 2 aliphatic rings. The molecule has 1 aliphatic heterocycles. The predicted molar refractivity (Wildman–Crippen MR) is 81.1 cm³/mol. The van der Waals surface area contributed by atoms with Crippen LogP contribution in [0.3, 0.4) is 0 Å². The van der Waals surface area contributed by atoms with E-state index in [0.717, 1.165) is 12.8 Å². The van der Waals surface area contributed by atoms with Gasteiger partial charge in [0.1, 0.15) is 0 Å². The third-order valence-electron chi connectivity index (χ3n) is 5.35. The lowest BCUT2D eigenvalue weighted by Crippen LogP contribution is -2.57. The maximum absolute atomic E-state index is 12.5. The molecule has 2 heterocycles. The number of amides is 1. The largest absolute Gasteiger partial charge is 0.389 e. The lowest BCUT2D eigenvalue weighted by Gasteiger charge is -2.50. The molecule has 0 spiro atoms. The fourth-order valence-electron chi connectivity index (χ4n) is 3.64. The summed E-state index contributed by atoms with van der Waals surface area (Å²) in [6.45, 7) is 4.23. The molecule has 0 aromatic carbocycles. The Kier molecular flexibility index (Phi) is 4.18. The second kappa shape index (κ2) is 5.96. The van der Waals surface area contributed by atoms with Crippen molar-refractivity contribution in [3.8, 4) is 0 Å². The van der Waals surface area contributed by atoms with E-state index in [1.807, 2.05) is 6.92 Å². The number of rotatable bonds is 4. The van der Waals surface area contributed by atoms with Crippen LogP contribution in [-0.4, -0.2) is 56.1 Å². The monoisotopic (exact) mass is 307 g/mol. The Morgan fingerprint density at radius 3 is 2.91 bits per heavy atom. The van der Waals surface area contributed by atoms with Crippen LogP contribution in [-0.2, 0) is 6.54 Å². The van der Waals surface area contributed by atoms with E-state index < -0.39 is 5.60 Å². The van der Waals surface area contributed by atoms with Gasteiger partial charge in [0.15, 0.2) is 5.69 Å². The van der Waals surface area contributed by atoms with Gasteiger partial charge in [-0.1, -0.05) is 18.6 Å². The Morgan fingerprint density at radius 1 is 1.55 bits per heavy atom. The number of carbonyl (C=O) groups excluding carboxylic acids is 1. The molecule has 1 aliphatic carbocycles. The lowest BCUT2D eigenvalue weighted by atomic mass is 9.65. The molecule has 1 aromatic rings. The minimum absolute atomic E-state index is 0.0922. The number of aromatic nitrogens is 3. The highest BCUT2D eigenvalue weighted by atomic mass is 16.3. The molecule has 3 rings (SSSR count). The van der Waals surface area contributed by atoms with E-state index in [1.54, 1.807) is 15.8 Å². The van der Waals surface area contributed by atoms with Crippen LogP contribution >= 0.6 is 0 Å². The van der Waals surface area contributed by atoms with E-state index in [4.69, 9.17) is 5.73 Å². The van der Waals surface area contributed by atoms with Crippen molar-refractivity contribution < 1.29 is 9.90 Å². The molecule has 2 fully saturated rings. The first-order valence-electron chi connectivity index (χ1n) is 8.16. The molecule has 1 saturated heterocycles. The van der Waals surface area contributed by atoms with Crippen LogP contribution in [0.15, 0.2) is 6.20 Å².